The fraction of sp³-hybridized carbons (Fsp3) is 0.556. The standard InChI is InChI=1S/C26H38O3.CH4/c1-19(14-15-22-21(3)13-10-16-26(22,7)8)11-9-12-20(2)17-24(28)29-18-23(27)25(4,5)6;/h9,11-12,14-15,17H,10,13,16,18H2,1-8H3;1H4/b12-9+,15-14+,19-11+,20-17+;. The van der Waals surface area contributed by atoms with Crippen LogP contribution in [0.15, 0.2) is 58.7 Å². The molecule has 0 heterocycles. The molecule has 0 radical (unpaired) electrons. The first-order valence-electron chi connectivity index (χ1n) is 10.4. The van der Waals surface area contributed by atoms with Gasteiger partial charge in [-0.3, -0.25) is 4.79 Å². The Kier molecular flexibility index (Phi) is 11.0. The Bertz CT molecular complexity index is 762. The number of hydrogen-bond acceptors (Lipinski definition) is 3. The van der Waals surface area contributed by atoms with E-state index < -0.39 is 11.4 Å². The zero-order valence-corrected chi connectivity index (χ0v) is 19.5. The van der Waals surface area contributed by atoms with Crippen LogP contribution in [0.1, 0.15) is 82.1 Å². The summed E-state index contributed by atoms with van der Waals surface area (Å²) >= 11 is 0. The van der Waals surface area contributed by atoms with Crippen LogP contribution in [0.4, 0.5) is 0 Å². The molecule has 0 bridgehead atoms. The molecule has 0 aromatic carbocycles. The van der Waals surface area contributed by atoms with Gasteiger partial charge in [0.1, 0.15) is 0 Å². The van der Waals surface area contributed by atoms with E-state index in [9.17, 15) is 9.59 Å². The van der Waals surface area contributed by atoms with Crippen LogP contribution in [0.5, 0.6) is 0 Å². The van der Waals surface area contributed by atoms with Crippen molar-refractivity contribution in [2.75, 3.05) is 6.61 Å². The summed E-state index contributed by atoms with van der Waals surface area (Å²) in [6, 6.07) is 0. The Morgan fingerprint density at radius 3 is 2.30 bits per heavy atom. The molecule has 0 unspecified atom stereocenters. The maximum Gasteiger partial charge on any atom is 0.331 e. The highest BCUT2D eigenvalue weighted by Crippen LogP contribution is 2.40. The predicted molar refractivity (Wildman–Crippen MR) is 128 cm³/mol. The molecule has 0 aliphatic heterocycles. The van der Waals surface area contributed by atoms with E-state index in [0.29, 0.717) is 0 Å². The van der Waals surface area contributed by atoms with Gasteiger partial charge in [-0.1, -0.05) is 83.6 Å². The van der Waals surface area contributed by atoms with Crippen LogP contribution in [-0.2, 0) is 14.3 Å². The molecule has 0 saturated carbocycles. The van der Waals surface area contributed by atoms with Gasteiger partial charge in [0.25, 0.3) is 0 Å². The lowest BCUT2D eigenvalue weighted by Crippen LogP contribution is -2.26. The van der Waals surface area contributed by atoms with Gasteiger partial charge in [-0.2, -0.15) is 0 Å². The molecule has 30 heavy (non-hydrogen) atoms. The number of rotatable bonds is 7. The van der Waals surface area contributed by atoms with Crippen molar-refractivity contribution in [2.24, 2.45) is 10.8 Å². The zero-order valence-electron chi connectivity index (χ0n) is 19.5. The van der Waals surface area contributed by atoms with Gasteiger partial charge in [0.15, 0.2) is 12.4 Å². The van der Waals surface area contributed by atoms with Crippen LogP contribution in [-0.4, -0.2) is 18.4 Å². The molecule has 3 heteroatoms. The molecule has 168 valence electrons. The monoisotopic (exact) mass is 414 g/mol. The molecule has 0 atom stereocenters. The minimum atomic E-state index is -0.504. The minimum absolute atomic E-state index is 0. The average molecular weight is 415 g/mol. The molecule has 0 aromatic heterocycles. The van der Waals surface area contributed by atoms with Gasteiger partial charge in [-0.05, 0) is 56.6 Å². The van der Waals surface area contributed by atoms with Crippen molar-refractivity contribution in [1.29, 1.82) is 0 Å². The Labute approximate surface area is 184 Å². The Morgan fingerprint density at radius 2 is 1.73 bits per heavy atom. The van der Waals surface area contributed by atoms with E-state index in [4.69, 9.17) is 4.74 Å². The summed E-state index contributed by atoms with van der Waals surface area (Å²) in [5.74, 6) is -0.587. The number of carbonyl (C=O) groups excluding carboxylic acids is 2. The predicted octanol–water partition coefficient (Wildman–Crippen LogP) is 7.31. The van der Waals surface area contributed by atoms with E-state index in [0.717, 1.165) is 11.1 Å². The van der Waals surface area contributed by atoms with Crippen LogP contribution in [0, 0.1) is 10.8 Å². The quantitative estimate of drug-likeness (QED) is 0.249. The van der Waals surface area contributed by atoms with Crippen LogP contribution in [0.2, 0.25) is 0 Å². The number of hydrogen-bond donors (Lipinski definition) is 0. The van der Waals surface area contributed by atoms with Crippen molar-refractivity contribution in [3.05, 3.63) is 58.7 Å². The van der Waals surface area contributed by atoms with E-state index in [-0.39, 0.29) is 25.2 Å². The molecule has 0 fully saturated rings. The highest BCUT2D eigenvalue weighted by atomic mass is 16.5. The van der Waals surface area contributed by atoms with Gasteiger partial charge in [0, 0.05) is 11.5 Å². The number of ether oxygens (including phenoxy) is 1. The molecular weight excluding hydrogens is 372 g/mol. The second-order valence-corrected chi connectivity index (χ2v) is 9.70. The molecule has 3 nitrogen and oxygen atoms in total. The molecule has 1 rings (SSSR count). The number of ketones is 1. The second-order valence-electron chi connectivity index (χ2n) is 9.70. The van der Waals surface area contributed by atoms with E-state index in [1.807, 2.05) is 45.9 Å². The SMILES string of the molecule is C.CC1=C(/C=C/C(C)=C/C=C/C(C)=C/C(=O)OCC(=O)C(C)(C)C)C(C)(C)CCC1. The third kappa shape index (κ3) is 9.56. The smallest absolute Gasteiger partial charge is 0.331 e. The Morgan fingerprint density at radius 1 is 1.10 bits per heavy atom. The Balaban J connectivity index is 0.00000841. The van der Waals surface area contributed by atoms with Crippen LogP contribution in [0.25, 0.3) is 0 Å². The summed E-state index contributed by atoms with van der Waals surface area (Å²) in [6.07, 6.45) is 15.3. The molecule has 1 aliphatic carbocycles. The summed E-state index contributed by atoms with van der Waals surface area (Å²) in [7, 11) is 0. The maximum atomic E-state index is 11.8. The van der Waals surface area contributed by atoms with Gasteiger partial charge in [0.2, 0.25) is 0 Å². The van der Waals surface area contributed by atoms with E-state index >= 15 is 0 Å². The van der Waals surface area contributed by atoms with Crippen LogP contribution < -0.4 is 0 Å². The average Bonchev–Trinajstić information content (AvgIpc) is 2.57. The highest BCUT2D eigenvalue weighted by Gasteiger charge is 2.26. The highest BCUT2D eigenvalue weighted by molar-refractivity contribution is 5.89. The van der Waals surface area contributed by atoms with Gasteiger partial charge < -0.3 is 4.74 Å². The largest absolute Gasteiger partial charge is 0.454 e. The summed E-state index contributed by atoms with van der Waals surface area (Å²) in [5, 5.41) is 0. The summed E-state index contributed by atoms with van der Waals surface area (Å²) in [5.41, 5.74) is 4.60. The fourth-order valence-electron chi connectivity index (χ4n) is 3.26. The summed E-state index contributed by atoms with van der Waals surface area (Å²) < 4.78 is 5.03. The van der Waals surface area contributed by atoms with Gasteiger partial charge in [0.05, 0.1) is 0 Å². The van der Waals surface area contributed by atoms with Gasteiger partial charge >= 0.3 is 5.97 Å². The van der Waals surface area contributed by atoms with Crippen LogP contribution in [0.3, 0.4) is 0 Å². The van der Waals surface area contributed by atoms with Gasteiger partial charge in [-0.15, -0.1) is 0 Å². The summed E-state index contributed by atoms with van der Waals surface area (Å²) in [6.45, 7) is 16.0. The lowest BCUT2D eigenvalue weighted by atomic mass is 9.72. The molecule has 1 aliphatic rings. The molecule has 0 amide bonds. The Hall–Kier alpha value is -2.16. The van der Waals surface area contributed by atoms with E-state index in [1.165, 1.54) is 36.5 Å². The second kappa shape index (κ2) is 11.9. The first kappa shape index (κ1) is 27.8. The summed E-state index contributed by atoms with van der Waals surface area (Å²) in [4.78, 5) is 23.6. The molecule has 0 N–H and O–H groups in total. The van der Waals surface area contributed by atoms with Crippen molar-refractivity contribution in [3.63, 3.8) is 0 Å². The normalized spacial score (nSPS) is 18.0. The van der Waals surface area contributed by atoms with Crippen molar-refractivity contribution in [2.45, 2.75) is 82.1 Å². The third-order valence-corrected chi connectivity index (χ3v) is 5.30. The molecule has 0 saturated heterocycles. The van der Waals surface area contributed by atoms with E-state index in [1.54, 1.807) is 0 Å². The third-order valence-electron chi connectivity index (χ3n) is 5.30. The number of allylic oxidation sites excluding steroid dienone is 9. The maximum absolute atomic E-state index is 11.8. The van der Waals surface area contributed by atoms with Crippen molar-refractivity contribution in [1.82, 2.24) is 0 Å². The number of esters is 1. The first-order valence-corrected chi connectivity index (χ1v) is 10.4. The zero-order chi connectivity index (χ0) is 22.2. The van der Waals surface area contributed by atoms with Crippen molar-refractivity contribution in [3.8, 4) is 0 Å². The van der Waals surface area contributed by atoms with Crippen LogP contribution >= 0.6 is 0 Å². The fourth-order valence-corrected chi connectivity index (χ4v) is 3.26. The first-order chi connectivity index (χ1) is 13.3. The molecular formula is C27H42O3. The number of Topliss-reactive ketones (excluding diaryl/α,β-unsaturated/α-hetero) is 1. The topological polar surface area (TPSA) is 43.4 Å². The molecule has 0 spiro atoms. The van der Waals surface area contributed by atoms with Gasteiger partial charge in [-0.25, -0.2) is 4.79 Å². The lowest BCUT2D eigenvalue weighted by Gasteiger charge is -2.32. The number of carbonyl (C=O) groups is 2. The lowest BCUT2D eigenvalue weighted by molar-refractivity contribution is -0.145. The van der Waals surface area contributed by atoms with Crippen molar-refractivity contribution < 1.29 is 14.3 Å². The molecule has 0 aromatic rings. The van der Waals surface area contributed by atoms with Crippen molar-refractivity contribution >= 4 is 11.8 Å². The van der Waals surface area contributed by atoms with E-state index in [2.05, 4.69) is 39.8 Å². The minimum Gasteiger partial charge on any atom is -0.454 e.